The number of aliphatic hydroxyl groups is 1. The van der Waals surface area contributed by atoms with Gasteiger partial charge in [-0.05, 0) is 31.2 Å². The Labute approximate surface area is 172 Å². The number of hydrogen-bond donors (Lipinski definition) is 1. The molecule has 1 N–H and O–H groups in total. The highest BCUT2D eigenvalue weighted by atomic mass is 35.5. The molecular formula is C22H19ClFNO4. The van der Waals surface area contributed by atoms with Crippen LogP contribution in [0.4, 0.5) is 4.39 Å². The fourth-order valence-corrected chi connectivity index (χ4v) is 3.54. The quantitative estimate of drug-likeness (QED) is 0.327. The van der Waals surface area contributed by atoms with Crippen LogP contribution in [-0.2, 0) is 9.59 Å². The van der Waals surface area contributed by atoms with Crippen molar-refractivity contribution in [1.82, 2.24) is 4.90 Å². The minimum atomic E-state index is -1.08. The Balaban J connectivity index is 2.19. The van der Waals surface area contributed by atoms with Crippen LogP contribution in [0.3, 0.4) is 0 Å². The minimum absolute atomic E-state index is 0.0182. The van der Waals surface area contributed by atoms with Crippen LogP contribution in [0.2, 0.25) is 5.02 Å². The van der Waals surface area contributed by atoms with Crippen molar-refractivity contribution in [2.24, 2.45) is 0 Å². The van der Waals surface area contributed by atoms with Crippen LogP contribution in [0.1, 0.15) is 24.1 Å². The van der Waals surface area contributed by atoms with E-state index in [9.17, 15) is 19.1 Å². The van der Waals surface area contributed by atoms with Gasteiger partial charge < -0.3 is 14.7 Å². The average Bonchev–Trinajstić information content (AvgIpc) is 2.94. The minimum Gasteiger partial charge on any atom is -0.507 e. The van der Waals surface area contributed by atoms with Crippen LogP contribution >= 0.6 is 11.6 Å². The van der Waals surface area contributed by atoms with Crippen LogP contribution in [0.5, 0.6) is 5.75 Å². The number of amides is 1. The van der Waals surface area contributed by atoms with E-state index in [-0.39, 0.29) is 28.3 Å². The summed E-state index contributed by atoms with van der Waals surface area (Å²) < 4.78 is 19.9. The lowest BCUT2D eigenvalue weighted by Crippen LogP contribution is -2.30. The highest BCUT2D eigenvalue weighted by molar-refractivity contribution is 6.46. The van der Waals surface area contributed by atoms with Gasteiger partial charge in [0.15, 0.2) is 0 Å². The van der Waals surface area contributed by atoms with Gasteiger partial charge in [0.2, 0.25) is 0 Å². The summed E-state index contributed by atoms with van der Waals surface area (Å²) in [4.78, 5) is 26.5. The highest BCUT2D eigenvalue weighted by Gasteiger charge is 2.46. The predicted octanol–water partition coefficient (Wildman–Crippen LogP) is 4.49. The van der Waals surface area contributed by atoms with E-state index >= 15 is 0 Å². The van der Waals surface area contributed by atoms with Gasteiger partial charge in [-0.15, -0.1) is 6.58 Å². The van der Waals surface area contributed by atoms with Crippen molar-refractivity contribution in [3.63, 3.8) is 0 Å². The molecule has 150 valence electrons. The highest BCUT2D eigenvalue weighted by Crippen LogP contribution is 2.40. The number of hydrogen-bond acceptors (Lipinski definition) is 4. The van der Waals surface area contributed by atoms with E-state index in [4.69, 9.17) is 16.3 Å². The van der Waals surface area contributed by atoms with Crippen LogP contribution in [0, 0.1) is 5.82 Å². The smallest absolute Gasteiger partial charge is 0.295 e. The summed E-state index contributed by atoms with van der Waals surface area (Å²) in [6, 6.07) is 9.23. The van der Waals surface area contributed by atoms with Gasteiger partial charge in [0.1, 0.15) is 17.3 Å². The van der Waals surface area contributed by atoms with E-state index in [0.29, 0.717) is 12.4 Å². The van der Waals surface area contributed by atoms with Crippen molar-refractivity contribution in [1.29, 1.82) is 0 Å². The molecule has 1 atom stereocenters. The summed E-state index contributed by atoms with van der Waals surface area (Å²) in [6.45, 7) is 5.82. The number of nitrogens with zero attached hydrogens (tertiary/aromatic N) is 1. The zero-order valence-electron chi connectivity index (χ0n) is 15.7. The SMILES string of the molecule is C=CCN1C(=O)C(=O)C(=C(O)c2ccc(OCC)c(Cl)c2)[C@@H]1c1ccccc1F. The van der Waals surface area contributed by atoms with Crippen LogP contribution < -0.4 is 4.74 Å². The van der Waals surface area contributed by atoms with Gasteiger partial charge in [0.25, 0.3) is 11.7 Å². The van der Waals surface area contributed by atoms with Crippen molar-refractivity contribution < 1.29 is 23.8 Å². The maximum Gasteiger partial charge on any atom is 0.295 e. The first-order chi connectivity index (χ1) is 13.9. The lowest BCUT2D eigenvalue weighted by molar-refractivity contribution is -0.139. The molecule has 1 amide bonds. The molecule has 0 spiro atoms. The molecule has 1 saturated heterocycles. The molecule has 3 rings (SSSR count). The number of carbonyl (C=O) groups is 2. The maximum atomic E-state index is 14.5. The average molecular weight is 416 g/mol. The second-order valence-electron chi connectivity index (χ2n) is 6.34. The molecule has 7 heteroatoms. The van der Waals surface area contributed by atoms with Gasteiger partial charge in [-0.3, -0.25) is 9.59 Å². The number of likely N-dealkylation sites (tertiary alicyclic amines) is 1. The number of rotatable bonds is 6. The zero-order chi connectivity index (χ0) is 21.1. The third-order valence-corrected chi connectivity index (χ3v) is 4.87. The zero-order valence-corrected chi connectivity index (χ0v) is 16.4. The second kappa shape index (κ2) is 8.49. The van der Waals surface area contributed by atoms with Crippen molar-refractivity contribution >= 4 is 29.1 Å². The van der Waals surface area contributed by atoms with E-state index in [1.165, 1.54) is 41.3 Å². The molecular weight excluding hydrogens is 397 g/mol. The summed E-state index contributed by atoms with van der Waals surface area (Å²) in [5.41, 5.74) is 0.116. The van der Waals surface area contributed by atoms with E-state index in [1.807, 2.05) is 0 Å². The first-order valence-corrected chi connectivity index (χ1v) is 9.34. The number of aliphatic hydroxyl groups excluding tert-OH is 1. The molecule has 0 aliphatic carbocycles. The number of carbonyl (C=O) groups excluding carboxylic acids is 2. The number of halogens is 2. The molecule has 0 unspecified atom stereocenters. The van der Waals surface area contributed by atoms with Gasteiger partial charge in [-0.1, -0.05) is 35.9 Å². The second-order valence-corrected chi connectivity index (χ2v) is 6.75. The van der Waals surface area contributed by atoms with Crippen molar-refractivity contribution in [3.05, 3.63) is 82.7 Å². The largest absolute Gasteiger partial charge is 0.507 e. The molecule has 2 aromatic carbocycles. The summed E-state index contributed by atoms with van der Waals surface area (Å²) >= 11 is 6.19. The topological polar surface area (TPSA) is 66.8 Å². The van der Waals surface area contributed by atoms with E-state index in [1.54, 1.807) is 19.1 Å². The predicted molar refractivity (Wildman–Crippen MR) is 108 cm³/mol. The molecule has 29 heavy (non-hydrogen) atoms. The Morgan fingerprint density at radius 2 is 2.03 bits per heavy atom. The fourth-order valence-electron chi connectivity index (χ4n) is 3.30. The van der Waals surface area contributed by atoms with Crippen LogP contribution in [0.15, 0.2) is 60.7 Å². The lowest BCUT2D eigenvalue weighted by atomic mass is 9.95. The number of benzene rings is 2. The summed E-state index contributed by atoms with van der Waals surface area (Å²) in [6.07, 6.45) is 1.44. The monoisotopic (exact) mass is 415 g/mol. The third kappa shape index (κ3) is 3.76. The molecule has 1 aliphatic heterocycles. The number of ketones is 1. The van der Waals surface area contributed by atoms with E-state index < -0.39 is 29.3 Å². The van der Waals surface area contributed by atoms with Crippen molar-refractivity contribution in [3.8, 4) is 5.75 Å². The molecule has 1 aliphatic rings. The summed E-state index contributed by atoms with van der Waals surface area (Å²) in [5.74, 6) is -2.35. The first kappa shape index (κ1) is 20.6. The molecule has 0 radical (unpaired) electrons. The van der Waals surface area contributed by atoms with Gasteiger partial charge in [0.05, 0.1) is 23.2 Å². The lowest BCUT2D eigenvalue weighted by Gasteiger charge is -2.24. The first-order valence-electron chi connectivity index (χ1n) is 8.97. The van der Waals surface area contributed by atoms with Crippen LogP contribution in [0.25, 0.3) is 5.76 Å². The van der Waals surface area contributed by atoms with Gasteiger partial charge in [0, 0.05) is 17.7 Å². The molecule has 0 aromatic heterocycles. The Morgan fingerprint density at radius 1 is 1.31 bits per heavy atom. The standard InChI is InChI=1S/C22H19ClFNO4/c1-3-11-25-19(14-7-5-6-8-16(14)24)18(21(27)22(25)28)20(26)13-9-10-17(29-4-2)15(23)12-13/h3,5-10,12,19,26H,1,4,11H2,2H3/t19-/m0/s1. The normalized spacial score (nSPS) is 18.2. The van der Waals surface area contributed by atoms with Gasteiger partial charge >= 0.3 is 0 Å². The van der Waals surface area contributed by atoms with Gasteiger partial charge in [-0.25, -0.2) is 4.39 Å². The molecule has 5 nitrogen and oxygen atoms in total. The van der Waals surface area contributed by atoms with E-state index in [2.05, 4.69) is 6.58 Å². The van der Waals surface area contributed by atoms with Crippen LogP contribution in [-0.4, -0.2) is 34.8 Å². The Hall–Kier alpha value is -3.12. The van der Waals surface area contributed by atoms with Crippen molar-refractivity contribution in [2.75, 3.05) is 13.2 Å². The number of Topliss-reactive ketones (excluding diaryl/α,β-unsaturated/α-hetero) is 1. The van der Waals surface area contributed by atoms with Gasteiger partial charge in [-0.2, -0.15) is 0 Å². The molecule has 0 saturated carbocycles. The molecule has 1 heterocycles. The Morgan fingerprint density at radius 3 is 2.66 bits per heavy atom. The summed E-state index contributed by atoms with van der Waals surface area (Å²) in [7, 11) is 0. The van der Waals surface area contributed by atoms with Crippen molar-refractivity contribution in [2.45, 2.75) is 13.0 Å². The Kier molecular flexibility index (Phi) is 6.03. The number of ether oxygens (including phenoxy) is 1. The maximum absolute atomic E-state index is 14.5. The molecule has 0 bridgehead atoms. The molecule has 1 fully saturated rings. The molecule has 2 aromatic rings. The fraction of sp³-hybridized carbons (Fsp3) is 0.182. The third-order valence-electron chi connectivity index (χ3n) is 4.57. The summed E-state index contributed by atoms with van der Waals surface area (Å²) in [5, 5.41) is 11.1. The Bertz CT molecular complexity index is 1020. The van der Waals surface area contributed by atoms with E-state index in [0.717, 1.165) is 0 Å².